The summed E-state index contributed by atoms with van der Waals surface area (Å²) < 4.78 is 12.8. The van der Waals surface area contributed by atoms with Crippen LogP contribution in [-0.2, 0) is 52.9 Å². The number of rotatable bonds is 15. The van der Waals surface area contributed by atoms with Gasteiger partial charge in [0.1, 0.15) is 23.0 Å². The Balaban J connectivity index is 1.56. The zero-order valence-corrected chi connectivity index (χ0v) is 55.0. The Hall–Kier alpha value is -3.18. The second-order valence-electron chi connectivity index (χ2n) is 29.4. The molecular weight excluding hydrogens is 1020 g/mol. The van der Waals surface area contributed by atoms with Crippen LogP contribution in [0.3, 0.4) is 0 Å². The molecule has 0 saturated heterocycles. The van der Waals surface area contributed by atoms with E-state index in [1.165, 1.54) is 0 Å². The summed E-state index contributed by atoms with van der Waals surface area (Å²) in [6.45, 7) is 56.0. The predicted molar refractivity (Wildman–Crippen MR) is 331 cm³/mol. The van der Waals surface area contributed by atoms with E-state index in [0.717, 1.165) is 75.6 Å². The monoisotopic (exact) mass is 1110 g/mol. The van der Waals surface area contributed by atoms with Crippen LogP contribution in [0.15, 0.2) is 68.1 Å². The van der Waals surface area contributed by atoms with Gasteiger partial charge in [-0.2, -0.15) is 0 Å². The summed E-state index contributed by atoms with van der Waals surface area (Å²) in [7, 11) is 0. The molecule has 2 N–H and O–H groups in total. The summed E-state index contributed by atoms with van der Waals surface area (Å²) in [5.41, 5.74) is 5.44. The lowest BCUT2D eigenvalue weighted by Gasteiger charge is -2.30. The van der Waals surface area contributed by atoms with Gasteiger partial charge in [0.15, 0.2) is 0 Å². The molecule has 0 aliphatic heterocycles. The molecule has 6 nitrogen and oxygen atoms in total. The van der Waals surface area contributed by atoms with Crippen LogP contribution < -0.4 is 9.47 Å². The number of ether oxygens (including phenoxy) is 2. The third-order valence-corrected chi connectivity index (χ3v) is 18.4. The number of thioether (sulfide) groups is 4. The average molecular weight is 1120 g/mol. The molecule has 4 aromatic rings. The minimum atomic E-state index is -0.473. The van der Waals surface area contributed by atoms with E-state index in [-0.39, 0.29) is 66.7 Å². The second kappa shape index (κ2) is 23.9. The number of carbonyl (C=O) groups is 2. The molecule has 0 fully saturated rings. The SMILES string of the molecule is CC(CSc1cc(C(C)(C)C)c(OC(=O)CCC(=O)Oc2c(C(C)(C)C)cc(SCC(C)Sc3cc(C(C)(C)C)c(O)c(C(C)(C)C)c3)cc2C(C)(C)C)c(C(C)(C)C)c1)Sc1cc(C(C)(C)C)c(O)c(C(C)(C)C)c1. The Kier molecular flexibility index (Phi) is 20.5. The molecule has 0 saturated carbocycles. The van der Waals surface area contributed by atoms with E-state index in [1.54, 1.807) is 23.5 Å². The Morgan fingerprint density at radius 3 is 0.763 bits per heavy atom. The summed E-state index contributed by atoms with van der Waals surface area (Å²) in [6, 6.07) is 17.3. The van der Waals surface area contributed by atoms with Crippen molar-refractivity contribution in [3.8, 4) is 23.0 Å². The third kappa shape index (κ3) is 17.7. The molecule has 4 rings (SSSR count). The summed E-state index contributed by atoms with van der Waals surface area (Å²) in [6.07, 6.45) is -0.256. The van der Waals surface area contributed by atoms with Gasteiger partial charge in [-0.3, -0.25) is 9.59 Å². The molecule has 4 aromatic carbocycles. The number of hydrogen-bond donors (Lipinski definition) is 2. The van der Waals surface area contributed by atoms with Gasteiger partial charge in [-0.25, -0.2) is 0 Å². The van der Waals surface area contributed by atoms with Crippen LogP contribution in [0.4, 0.5) is 0 Å². The summed E-state index contributed by atoms with van der Waals surface area (Å²) in [4.78, 5) is 32.5. The molecule has 0 aromatic heterocycles. The minimum absolute atomic E-state index is 0.128. The van der Waals surface area contributed by atoms with Crippen molar-refractivity contribution in [3.63, 3.8) is 0 Å². The highest BCUT2D eigenvalue weighted by Crippen LogP contribution is 2.48. The number of esters is 2. The standard InChI is InChI=1S/C66H98O6S4/c1-39(75-43-33-45(59(3,4)5)55(69)46(34-43)60(6,7)8)37-73-41-29-49(63(15,16)17)57(50(30-41)64(18,19)20)71-53(67)27-28-54(68)72-58-51(65(21,22)23)31-42(32-52(58)66(24,25)26)74-38-40(2)76-44-35-47(61(9,10)11)56(70)48(36-44)62(12,13)14/h29-36,39-40,69-70H,27-28,37-38H2,1-26H3. The maximum absolute atomic E-state index is 14.0. The molecule has 0 amide bonds. The van der Waals surface area contributed by atoms with Crippen molar-refractivity contribution < 1.29 is 29.3 Å². The number of carbonyl (C=O) groups excluding carboxylic acids is 2. The van der Waals surface area contributed by atoms with Gasteiger partial charge in [0.05, 0.1) is 12.8 Å². The molecule has 76 heavy (non-hydrogen) atoms. The van der Waals surface area contributed by atoms with Gasteiger partial charge in [0.2, 0.25) is 0 Å². The van der Waals surface area contributed by atoms with E-state index >= 15 is 0 Å². The lowest BCUT2D eigenvalue weighted by Crippen LogP contribution is -2.24. The molecule has 0 aliphatic carbocycles. The highest BCUT2D eigenvalue weighted by molar-refractivity contribution is 8.03. The van der Waals surface area contributed by atoms with Crippen LogP contribution >= 0.6 is 47.0 Å². The van der Waals surface area contributed by atoms with Gasteiger partial charge in [-0.05, 0) is 91.9 Å². The first-order valence-electron chi connectivity index (χ1n) is 27.3. The molecule has 0 spiro atoms. The summed E-state index contributed by atoms with van der Waals surface area (Å²) in [5, 5.41) is 23.2. The van der Waals surface area contributed by atoms with E-state index in [9.17, 15) is 19.8 Å². The van der Waals surface area contributed by atoms with Crippen molar-refractivity contribution in [2.75, 3.05) is 11.5 Å². The second-order valence-corrected chi connectivity index (χ2v) is 34.6. The van der Waals surface area contributed by atoms with Crippen molar-refractivity contribution in [1.82, 2.24) is 0 Å². The van der Waals surface area contributed by atoms with Gasteiger partial charge >= 0.3 is 11.9 Å². The molecule has 422 valence electrons. The van der Waals surface area contributed by atoms with Gasteiger partial charge in [-0.15, -0.1) is 47.0 Å². The highest BCUT2D eigenvalue weighted by Gasteiger charge is 2.34. The quantitative estimate of drug-likeness (QED) is 0.0681. The predicted octanol–water partition coefficient (Wildman–Crippen LogP) is 19.3. The highest BCUT2D eigenvalue weighted by atomic mass is 32.2. The Bertz CT molecular complexity index is 2380. The Morgan fingerprint density at radius 2 is 0.566 bits per heavy atom. The number of phenolic OH excluding ortho intramolecular Hbond substituents is 2. The van der Waals surface area contributed by atoms with E-state index in [4.69, 9.17) is 9.47 Å². The minimum Gasteiger partial charge on any atom is -0.507 e. The van der Waals surface area contributed by atoms with E-state index in [1.807, 2.05) is 23.5 Å². The Labute approximate surface area is 479 Å². The van der Waals surface area contributed by atoms with Crippen LogP contribution in [-0.4, -0.2) is 44.2 Å². The van der Waals surface area contributed by atoms with Crippen LogP contribution in [0, 0.1) is 0 Å². The molecule has 0 heterocycles. The van der Waals surface area contributed by atoms with E-state index in [0.29, 0.717) is 23.0 Å². The maximum Gasteiger partial charge on any atom is 0.311 e. The van der Waals surface area contributed by atoms with Crippen LogP contribution in [0.25, 0.3) is 0 Å². The van der Waals surface area contributed by atoms with Gasteiger partial charge in [-0.1, -0.05) is 180 Å². The fourth-order valence-electron chi connectivity index (χ4n) is 8.95. The van der Waals surface area contributed by atoms with Crippen LogP contribution in [0.2, 0.25) is 0 Å². The first kappa shape index (κ1) is 65.3. The number of phenols is 2. The molecule has 10 heteroatoms. The first-order valence-corrected chi connectivity index (χ1v) is 31.1. The topological polar surface area (TPSA) is 93.1 Å². The van der Waals surface area contributed by atoms with E-state index in [2.05, 4.69) is 229 Å². The number of hydrogen-bond acceptors (Lipinski definition) is 10. The summed E-state index contributed by atoms with van der Waals surface area (Å²) >= 11 is 7.28. The Morgan fingerprint density at radius 1 is 0.368 bits per heavy atom. The van der Waals surface area contributed by atoms with Crippen molar-refractivity contribution >= 4 is 59.0 Å². The van der Waals surface area contributed by atoms with Crippen molar-refractivity contribution in [2.24, 2.45) is 0 Å². The zero-order chi connectivity index (χ0) is 58.3. The summed E-state index contributed by atoms with van der Waals surface area (Å²) in [5.74, 6) is 2.68. The average Bonchev–Trinajstić information content (AvgIpc) is 3.22. The fraction of sp³-hybridized carbons (Fsp3) is 0.606. The van der Waals surface area contributed by atoms with Gasteiger partial charge in [0, 0.05) is 86.1 Å². The van der Waals surface area contributed by atoms with Crippen molar-refractivity contribution in [3.05, 3.63) is 93.0 Å². The number of benzene rings is 4. The molecule has 0 aliphatic rings. The van der Waals surface area contributed by atoms with Crippen LogP contribution in [0.5, 0.6) is 23.0 Å². The normalized spacial score (nSPS) is 14.2. The van der Waals surface area contributed by atoms with E-state index < -0.39 is 11.9 Å². The molecule has 2 atom stereocenters. The molecule has 2 unspecified atom stereocenters. The lowest BCUT2D eigenvalue weighted by atomic mass is 9.79. The first-order chi connectivity index (χ1) is 34.2. The van der Waals surface area contributed by atoms with Gasteiger partial charge < -0.3 is 19.7 Å². The fourth-order valence-corrected chi connectivity index (χ4v) is 13.2. The smallest absolute Gasteiger partial charge is 0.311 e. The lowest BCUT2D eigenvalue weighted by molar-refractivity contribution is -0.140. The number of aromatic hydroxyl groups is 2. The van der Waals surface area contributed by atoms with Crippen molar-refractivity contribution in [1.29, 1.82) is 0 Å². The zero-order valence-electron chi connectivity index (χ0n) is 51.8. The van der Waals surface area contributed by atoms with Crippen LogP contribution in [0.1, 0.15) is 237 Å². The third-order valence-electron chi connectivity index (χ3n) is 13.4. The van der Waals surface area contributed by atoms with Gasteiger partial charge in [0.25, 0.3) is 0 Å². The molecule has 0 radical (unpaired) electrons. The largest absolute Gasteiger partial charge is 0.507 e. The molecule has 0 bridgehead atoms. The van der Waals surface area contributed by atoms with Crippen molar-refractivity contribution in [2.45, 2.75) is 266 Å². The molecular formula is C66H98O6S4. The maximum atomic E-state index is 14.0.